The number of nitrogens with zero attached hydrogens (tertiary/aromatic N) is 2. The van der Waals surface area contributed by atoms with Gasteiger partial charge in [-0.05, 0) is 31.9 Å². The molecule has 2 heterocycles. The minimum absolute atomic E-state index is 0. The number of hydrogen-bond donors (Lipinski definition) is 3. The molecule has 8 nitrogen and oxygen atoms in total. The van der Waals surface area contributed by atoms with Gasteiger partial charge in [-0.15, -0.1) is 24.0 Å². The summed E-state index contributed by atoms with van der Waals surface area (Å²) in [4.78, 5) is 29.5. The van der Waals surface area contributed by atoms with E-state index in [0.29, 0.717) is 37.8 Å². The van der Waals surface area contributed by atoms with E-state index in [2.05, 4.69) is 20.9 Å². The SMILES string of the molecule is CCNC(=NCC(=O)NCc1ccco1)NCCCN1CCCC1=O.I. The summed E-state index contributed by atoms with van der Waals surface area (Å²) in [6.45, 7) is 5.40. The lowest BCUT2D eigenvalue weighted by molar-refractivity contribution is -0.127. The van der Waals surface area contributed by atoms with E-state index in [1.165, 1.54) is 0 Å². The van der Waals surface area contributed by atoms with Gasteiger partial charge in [-0.25, -0.2) is 4.99 Å². The number of carbonyl (C=O) groups excluding carboxylic acids is 2. The lowest BCUT2D eigenvalue weighted by Crippen LogP contribution is -2.39. The van der Waals surface area contributed by atoms with Gasteiger partial charge in [-0.2, -0.15) is 0 Å². The molecule has 1 aromatic rings. The molecule has 0 atom stereocenters. The number of rotatable bonds is 9. The molecule has 0 unspecified atom stereocenters. The molecule has 1 aliphatic rings. The molecule has 9 heteroatoms. The van der Waals surface area contributed by atoms with Gasteiger partial charge < -0.3 is 25.3 Å². The average Bonchev–Trinajstić information content (AvgIpc) is 3.26. The number of halogens is 1. The first-order chi connectivity index (χ1) is 12.2. The summed E-state index contributed by atoms with van der Waals surface area (Å²) in [5.74, 6) is 1.38. The van der Waals surface area contributed by atoms with Gasteiger partial charge in [0.1, 0.15) is 12.3 Å². The van der Waals surface area contributed by atoms with Crippen LogP contribution in [0.25, 0.3) is 0 Å². The molecule has 0 aliphatic carbocycles. The first kappa shape index (κ1) is 22.3. The van der Waals surface area contributed by atoms with Crippen LogP contribution in [0.4, 0.5) is 0 Å². The number of nitrogens with one attached hydrogen (secondary N) is 3. The second-order valence-electron chi connectivity index (χ2n) is 5.82. The average molecular weight is 477 g/mol. The number of guanidine groups is 1. The molecular weight excluding hydrogens is 449 g/mol. The first-order valence-electron chi connectivity index (χ1n) is 8.78. The third-order valence-electron chi connectivity index (χ3n) is 3.83. The van der Waals surface area contributed by atoms with Crippen LogP contribution in [0.1, 0.15) is 31.9 Å². The molecule has 146 valence electrons. The Balaban J connectivity index is 0.00000338. The molecule has 0 bridgehead atoms. The van der Waals surface area contributed by atoms with E-state index in [4.69, 9.17) is 4.42 Å². The van der Waals surface area contributed by atoms with Crippen molar-refractivity contribution in [2.45, 2.75) is 32.7 Å². The Morgan fingerprint density at radius 3 is 2.85 bits per heavy atom. The fourth-order valence-electron chi connectivity index (χ4n) is 2.56. The van der Waals surface area contributed by atoms with Gasteiger partial charge in [0, 0.05) is 32.6 Å². The molecule has 2 rings (SSSR count). The van der Waals surface area contributed by atoms with E-state index >= 15 is 0 Å². The maximum absolute atomic E-state index is 11.8. The van der Waals surface area contributed by atoms with Crippen molar-refractivity contribution >= 4 is 41.8 Å². The van der Waals surface area contributed by atoms with Crippen LogP contribution in [0.15, 0.2) is 27.8 Å². The first-order valence-corrected chi connectivity index (χ1v) is 8.78. The number of aliphatic imine (C=N–C) groups is 1. The van der Waals surface area contributed by atoms with Crippen molar-refractivity contribution < 1.29 is 14.0 Å². The lowest BCUT2D eigenvalue weighted by atomic mass is 10.4. The highest BCUT2D eigenvalue weighted by Crippen LogP contribution is 2.09. The highest BCUT2D eigenvalue weighted by Gasteiger charge is 2.18. The maximum atomic E-state index is 11.8. The van der Waals surface area contributed by atoms with Crippen LogP contribution in [0.3, 0.4) is 0 Å². The van der Waals surface area contributed by atoms with Gasteiger partial charge in [-0.1, -0.05) is 0 Å². The third-order valence-corrected chi connectivity index (χ3v) is 3.83. The van der Waals surface area contributed by atoms with E-state index < -0.39 is 0 Å². The van der Waals surface area contributed by atoms with Gasteiger partial charge in [0.2, 0.25) is 11.8 Å². The smallest absolute Gasteiger partial charge is 0.242 e. The Labute approximate surface area is 171 Å². The fourth-order valence-corrected chi connectivity index (χ4v) is 2.56. The molecule has 0 radical (unpaired) electrons. The predicted molar refractivity (Wildman–Crippen MR) is 110 cm³/mol. The molecule has 3 N–H and O–H groups in total. The van der Waals surface area contributed by atoms with Crippen LogP contribution in [0.2, 0.25) is 0 Å². The van der Waals surface area contributed by atoms with Crippen molar-refractivity contribution in [2.75, 3.05) is 32.7 Å². The van der Waals surface area contributed by atoms with E-state index in [1.54, 1.807) is 18.4 Å². The van der Waals surface area contributed by atoms with Crippen LogP contribution in [0.5, 0.6) is 0 Å². The zero-order valence-electron chi connectivity index (χ0n) is 15.1. The molecule has 0 saturated carbocycles. The highest BCUT2D eigenvalue weighted by atomic mass is 127. The maximum Gasteiger partial charge on any atom is 0.242 e. The Hall–Kier alpha value is -1.78. The molecule has 1 saturated heterocycles. The van der Waals surface area contributed by atoms with Crippen LogP contribution in [-0.4, -0.2) is 55.4 Å². The Kier molecular flexibility index (Phi) is 10.7. The van der Waals surface area contributed by atoms with E-state index in [1.807, 2.05) is 11.8 Å². The standard InChI is InChI=1S/C17H27N5O3.HI/c1-2-18-17(19-8-5-10-22-9-3-7-16(22)24)21-13-15(23)20-12-14-6-4-11-25-14;/h4,6,11H,2-3,5,7-10,12-13H2,1H3,(H,20,23)(H2,18,19,21);1H. The Morgan fingerprint density at radius 1 is 1.35 bits per heavy atom. The summed E-state index contributed by atoms with van der Waals surface area (Å²) in [6, 6.07) is 3.59. The largest absolute Gasteiger partial charge is 0.467 e. The summed E-state index contributed by atoms with van der Waals surface area (Å²) >= 11 is 0. The van der Waals surface area contributed by atoms with Crippen molar-refractivity contribution in [3.63, 3.8) is 0 Å². The van der Waals surface area contributed by atoms with E-state index in [9.17, 15) is 9.59 Å². The molecule has 1 aromatic heterocycles. The third kappa shape index (κ3) is 8.07. The number of amides is 2. The minimum Gasteiger partial charge on any atom is -0.467 e. The van der Waals surface area contributed by atoms with Gasteiger partial charge in [0.05, 0.1) is 12.8 Å². The Bertz CT molecular complexity index is 577. The minimum atomic E-state index is -0.170. The number of furan rings is 1. The van der Waals surface area contributed by atoms with Crippen molar-refractivity contribution in [3.8, 4) is 0 Å². The summed E-state index contributed by atoms with van der Waals surface area (Å²) in [5, 5.41) is 9.04. The zero-order valence-corrected chi connectivity index (χ0v) is 17.5. The molecule has 1 fully saturated rings. The molecule has 0 aromatic carbocycles. The molecular formula is C17H28IN5O3. The van der Waals surface area contributed by atoms with Crippen LogP contribution < -0.4 is 16.0 Å². The molecule has 2 amide bonds. The van der Waals surface area contributed by atoms with Crippen LogP contribution >= 0.6 is 24.0 Å². The predicted octanol–water partition coefficient (Wildman–Crippen LogP) is 1.08. The second-order valence-corrected chi connectivity index (χ2v) is 5.82. The second kappa shape index (κ2) is 12.6. The molecule has 1 aliphatic heterocycles. The fraction of sp³-hybridized carbons (Fsp3) is 0.588. The Morgan fingerprint density at radius 2 is 2.19 bits per heavy atom. The van der Waals surface area contributed by atoms with Gasteiger partial charge in [0.25, 0.3) is 0 Å². The molecule has 0 spiro atoms. The summed E-state index contributed by atoms with van der Waals surface area (Å²) in [6.07, 6.45) is 4.05. The highest BCUT2D eigenvalue weighted by molar-refractivity contribution is 14.0. The van der Waals surface area contributed by atoms with Crippen LogP contribution in [-0.2, 0) is 16.1 Å². The van der Waals surface area contributed by atoms with Gasteiger partial charge in [-0.3, -0.25) is 9.59 Å². The van der Waals surface area contributed by atoms with Crippen molar-refractivity contribution in [1.82, 2.24) is 20.9 Å². The van der Waals surface area contributed by atoms with E-state index in [-0.39, 0.29) is 42.3 Å². The quantitative estimate of drug-likeness (QED) is 0.214. The van der Waals surface area contributed by atoms with E-state index in [0.717, 1.165) is 25.9 Å². The number of carbonyl (C=O) groups is 2. The summed E-state index contributed by atoms with van der Waals surface area (Å²) in [5.41, 5.74) is 0. The topological polar surface area (TPSA) is 99.0 Å². The molecule has 26 heavy (non-hydrogen) atoms. The van der Waals surface area contributed by atoms with Crippen molar-refractivity contribution in [1.29, 1.82) is 0 Å². The summed E-state index contributed by atoms with van der Waals surface area (Å²) < 4.78 is 5.16. The lowest BCUT2D eigenvalue weighted by Gasteiger charge is -2.16. The van der Waals surface area contributed by atoms with Gasteiger partial charge in [0.15, 0.2) is 5.96 Å². The van der Waals surface area contributed by atoms with Crippen molar-refractivity contribution in [3.05, 3.63) is 24.2 Å². The van der Waals surface area contributed by atoms with Crippen molar-refractivity contribution in [2.24, 2.45) is 4.99 Å². The van der Waals surface area contributed by atoms with Crippen LogP contribution in [0, 0.1) is 0 Å². The summed E-state index contributed by atoms with van der Waals surface area (Å²) in [7, 11) is 0. The number of hydrogen-bond acceptors (Lipinski definition) is 4. The monoisotopic (exact) mass is 477 g/mol. The number of likely N-dealkylation sites (tertiary alicyclic amines) is 1. The zero-order chi connectivity index (χ0) is 17.9. The normalized spacial score (nSPS) is 14.1. The van der Waals surface area contributed by atoms with Gasteiger partial charge >= 0.3 is 0 Å².